The summed E-state index contributed by atoms with van der Waals surface area (Å²) in [5.74, 6) is -12.3. The largest absolute Gasteiger partial charge is 0.345 e. The van der Waals surface area contributed by atoms with Crippen LogP contribution in [0.3, 0.4) is 0 Å². The standard InChI is InChI=1S/C11H9F5N2O/c12-5-4(6(13)8(15)9(16)7(5)14)10(19)18-11(3-17)1-2-11/h1-3,17H2,(H,18,19). The third kappa shape index (κ3) is 2.16. The summed E-state index contributed by atoms with van der Waals surface area (Å²) < 4.78 is 65.3. The lowest BCUT2D eigenvalue weighted by Crippen LogP contribution is -2.43. The Morgan fingerprint density at radius 1 is 1.00 bits per heavy atom. The van der Waals surface area contributed by atoms with Crippen LogP contribution >= 0.6 is 0 Å². The molecule has 0 aliphatic heterocycles. The molecule has 1 fully saturated rings. The van der Waals surface area contributed by atoms with Crippen LogP contribution in [0.15, 0.2) is 0 Å². The van der Waals surface area contributed by atoms with Crippen LogP contribution in [0.1, 0.15) is 23.2 Å². The molecular weight excluding hydrogens is 271 g/mol. The van der Waals surface area contributed by atoms with Crippen molar-refractivity contribution in [2.24, 2.45) is 5.73 Å². The van der Waals surface area contributed by atoms with Gasteiger partial charge < -0.3 is 11.1 Å². The van der Waals surface area contributed by atoms with E-state index < -0.39 is 46.1 Å². The number of nitrogens with one attached hydrogen (secondary N) is 1. The SMILES string of the molecule is NCC1(NC(=O)c2c(F)c(F)c(F)c(F)c2F)CC1. The highest BCUT2D eigenvalue weighted by molar-refractivity contribution is 5.95. The minimum absolute atomic E-state index is 0.0220. The maximum absolute atomic E-state index is 13.3. The van der Waals surface area contributed by atoms with Crippen molar-refractivity contribution in [2.45, 2.75) is 18.4 Å². The van der Waals surface area contributed by atoms with Crippen LogP contribution in [0.4, 0.5) is 22.0 Å². The summed E-state index contributed by atoms with van der Waals surface area (Å²) >= 11 is 0. The second-order valence-corrected chi connectivity index (χ2v) is 4.38. The number of carbonyl (C=O) groups is 1. The van der Waals surface area contributed by atoms with Crippen molar-refractivity contribution in [1.82, 2.24) is 5.32 Å². The van der Waals surface area contributed by atoms with E-state index in [4.69, 9.17) is 5.73 Å². The number of halogens is 5. The van der Waals surface area contributed by atoms with Crippen LogP contribution < -0.4 is 11.1 Å². The Kier molecular flexibility index (Phi) is 3.21. The fourth-order valence-corrected chi connectivity index (χ4v) is 1.64. The van der Waals surface area contributed by atoms with E-state index in [1.54, 1.807) is 0 Å². The minimum Gasteiger partial charge on any atom is -0.345 e. The Balaban J connectivity index is 2.42. The molecule has 0 bridgehead atoms. The van der Waals surface area contributed by atoms with Gasteiger partial charge in [-0.25, -0.2) is 22.0 Å². The predicted octanol–water partition coefficient (Wildman–Crippen LogP) is 1.60. The molecule has 3 nitrogen and oxygen atoms in total. The van der Waals surface area contributed by atoms with Gasteiger partial charge in [-0.1, -0.05) is 0 Å². The molecule has 1 aromatic carbocycles. The predicted molar refractivity (Wildman–Crippen MR) is 54.7 cm³/mol. The van der Waals surface area contributed by atoms with Gasteiger partial charge in [-0.2, -0.15) is 0 Å². The Bertz CT molecular complexity index is 528. The Morgan fingerprint density at radius 3 is 1.79 bits per heavy atom. The van der Waals surface area contributed by atoms with E-state index in [-0.39, 0.29) is 6.54 Å². The third-order valence-electron chi connectivity index (χ3n) is 3.06. The smallest absolute Gasteiger partial charge is 0.257 e. The molecular formula is C11H9F5N2O. The van der Waals surface area contributed by atoms with Crippen LogP contribution in [-0.2, 0) is 0 Å². The highest BCUT2D eigenvalue weighted by atomic mass is 19.2. The van der Waals surface area contributed by atoms with E-state index >= 15 is 0 Å². The number of benzene rings is 1. The maximum atomic E-state index is 13.3. The molecule has 1 saturated carbocycles. The minimum atomic E-state index is -2.30. The molecule has 0 heterocycles. The highest BCUT2D eigenvalue weighted by Crippen LogP contribution is 2.34. The zero-order chi connectivity index (χ0) is 14.4. The van der Waals surface area contributed by atoms with E-state index in [0.717, 1.165) is 0 Å². The number of hydrogen-bond donors (Lipinski definition) is 2. The van der Waals surface area contributed by atoms with E-state index in [1.165, 1.54) is 0 Å². The van der Waals surface area contributed by atoms with Crippen LogP contribution in [-0.4, -0.2) is 18.0 Å². The molecule has 1 aromatic rings. The Labute approximate surface area is 104 Å². The fraction of sp³-hybridized carbons (Fsp3) is 0.364. The molecule has 0 aromatic heterocycles. The first-order valence-corrected chi connectivity index (χ1v) is 5.37. The molecule has 2 rings (SSSR count). The normalized spacial score (nSPS) is 16.3. The summed E-state index contributed by atoms with van der Waals surface area (Å²) in [5.41, 5.74) is 3.05. The van der Waals surface area contributed by atoms with Gasteiger partial charge in [0.15, 0.2) is 23.3 Å². The van der Waals surface area contributed by atoms with Crippen molar-refractivity contribution in [3.05, 3.63) is 34.6 Å². The zero-order valence-electron chi connectivity index (χ0n) is 9.50. The molecule has 1 aliphatic rings. The van der Waals surface area contributed by atoms with Crippen molar-refractivity contribution in [2.75, 3.05) is 6.54 Å². The first-order chi connectivity index (χ1) is 8.83. The number of amides is 1. The second kappa shape index (κ2) is 4.44. The van der Waals surface area contributed by atoms with E-state index in [1.807, 2.05) is 0 Å². The van der Waals surface area contributed by atoms with Crippen molar-refractivity contribution < 1.29 is 26.7 Å². The quantitative estimate of drug-likeness (QED) is 0.502. The van der Waals surface area contributed by atoms with Crippen molar-refractivity contribution >= 4 is 5.91 Å². The summed E-state index contributed by atoms with van der Waals surface area (Å²) in [4.78, 5) is 11.6. The number of rotatable bonds is 3. The summed E-state index contributed by atoms with van der Waals surface area (Å²) in [6.07, 6.45) is 0.981. The molecule has 104 valence electrons. The highest BCUT2D eigenvalue weighted by Gasteiger charge is 2.44. The lowest BCUT2D eigenvalue weighted by molar-refractivity contribution is 0.0921. The Morgan fingerprint density at radius 2 is 1.42 bits per heavy atom. The number of hydrogen-bond acceptors (Lipinski definition) is 2. The van der Waals surface area contributed by atoms with Gasteiger partial charge in [0.1, 0.15) is 5.56 Å². The van der Waals surface area contributed by atoms with Crippen molar-refractivity contribution in [1.29, 1.82) is 0 Å². The molecule has 0 atom stereocenters. The average molecular weight is 280 g/mol. The molecule has 1 aliphatic carbocycles. The molecule has 19 heavy (non-hydrogen) atoms. The molecule has 3 N–H and O–H groups in total. The lowest BCUT2D eigenvalue weighted by atomic mass is 10.1. The van der Waals surface area contributed by atoms with Gasteiger partial charge >= 0.3 is 0 Å². The van der Waals surface area contributed by atoms with Crippen LogP contribution in [0.25, 0.3) is 0 Å². The first-order valence-electron chi connectivity index (χ1n) is 5.37. The Hall–Kier alpha value is -1.70. The summed E-state index contributed by atoms with van der Waals surface area (Å²) in [6.45, 7) is 0.0220. The fourth-order valence-electron chi connectivity index (χ4n) is 1.64. The lowest BCUT2D eigenvalue weighted by Gasteiger charge is -2.16. The topological polar surface area (TPSA) is 55.1 Å². The third-order valence-corrected chi connectivity index (χ3v) is 3.06. The first kappa shape index (κ1) is 13.7. The number of nitrogens with two attached hydrogens (primary N) is 1. The van der Waals surface area contributed by atoms with Crippen LogP contribution in [0.2, 0.25) is 0 Å². The van der Waals surface area contributed by atoms with Gasteiger partial charge in [-0.05, 0) is 12.8 Å². The molecule has 0 unspecified atom stereocenters. The second-order valence-electron chi connectivity index (χ2n) is 4.38. The van der Waals surface area contributed by atoms with Crippen LogP contribution in [0.5, 0.6) is 0 Å². The molecule has 0 saturated heterocycles. The summed E-state index contributed by atoms with van der Waals surface area (Å²) in [5, 5.41) is 2.19. The van der Waals surface area contributed by atoms with E-state index in [2.05, 4.69) is 5.32 Å². The van der Waals surface area contributed by atoms with Crippen molar-refractivity contribution in [3.8, 4) is 0 Å². The van der Waals surface area contributed by atoms with E-state index in [0.29, 0.717) is 12.8 Å². The number of carbonyl (C=O) groups excluding carboxylic acids is 1. The van der Waals surface area contributed by atoms with Gasteiger partial charge in [0.2, 0.25) is 5.82 Å². The molecule has 1 amide bonds. The van der Waals surface area contributed by atoms with E-state index in [9.17, 15) is 26.7 Å². The molecule has 0 radical (unpaired) electrons. The summed E-state index contributed by atoms with van der Waals surface area (Å²) in [6, 6.07) is 0. The van der Waals surface area contributed by atoms with Gasteiger partial charge in [-0.3, -0.25) is 4.79 Å². The van der Waals surface area contributed by atoms with Crippen molar-refractivity contribution in [3.63, 3.8) is 0 Å². The average Bonchev–Trinajstić information content (AvgIpc) is 3.14. The summed E-state index contributed by atoms with van der Waals surface area (Å²) in [7, 11) is 0. The maximum Gasteiger partial charge on any atom is 0.257 e. The van der Waals surface area contributed by atoms with Gasteiger partial charge in [0.25, 0.3) is 5.91 Å². The van der Waals surface area contributed by atoms with Gasteiger partial charge in [0.05, 0.1) is 5.54 Å². The van der Waals surface area contributed by atoms with Gasteiger partial charge in [-0.15, -0.1) is 0 Å². The monoisotopic (exact) mass is 280 g/mol. The molecule has 8 heteroatoms. The molecule has 0 spiro atoms. The van der Waals surface area contributed by atoms with Gasteiger partial charge in [0, 0.05) is 6.54 Å². The van der Waals surface area contributed by atoms with Crippen LogP contribution in [0, 0.1) is 29.1 Å². The zero-order valence-corrected chi connectivity index (χ0v) is 9.50.